The highest BCUT2D eigenvalue weighted by Gasteiger charge is 2.46. The Kier molecular flexibility index (Phi) is 7.14. The van der Waals surface area contributed by atoms with Crippen LogP contribution in [0.2, 0.25) is 0 Å². The van der Waals surface area contributed by atoms with Crippen LogP contribution in [0.3, 0.4) is 0 Å². The molecule has 0 aromatic carbocycles. The molecule has 1 aromatic rings. The summed E-state index contributed by atoms with van der Waals surface area (Å²) in [5.74, 6) is -1.67. The lowest BCUT2D eigenvalue weighted by molar-refractivity contribution is -0.192. The van der Waals surface area contributed by atoms with Gasteiger partial charge >= 0.3 is 12.1 Å². The highest BCUT2D eigenvalue weighted by atomic mass is 19.4. The van der Waals surface area contributed by atoms with Crippen molar-refractivity contribution < 1.29 is 37.4 Å². The van der Waals surface area contributed by atoms with Crippen LogP contribution in [0.25, 0.3) is 0 Å². The van der Waals surface area contributed by atoms with Gasteiger partial charge < -0.3 is 20.1 Å². The molecule has 8 nitrogen and oxygen atoms in total. The van der Waals surface area contributed by atoms with Crippen molar-refractivity contribution in [3.05, 3.63) is 30.1 Å². The van der Waals surface area contributed by atoms with E-state index >= 15 is 0 Å². The largest absolute Gasteiger partial charge is 0.490 e. The molecule has 3 heterocycles. The number of nitrogens with zero attached hydrogens (tertiary/aromatic N) is 2. The van der Waals surface area contributed by atoms with Crippen molar-refractivity contribution >= 4 is 17.8 Å². The number of alkyl halides is 3. The second-order valence-electron chi connectivity index (χ2n) is 7.92. The smallest absolute Gasteiger partial charge is 0.475 e. The molecule has 3 fully saturated rings. The predicted molar refractivity (Wildman–Crippen MR) is 101 cm³/mol. The van der Waals surface area contributed by atoms with Crippen LogP contribution in [-0.2, 0) is 14.3 Å². The van der Waals surface area contributed by atoms with E-state index in [-0.39, 0.29) is 23.8 Å². The number of carbonyl (C=O) groups excluding carboxylic acids is 2. The van der Waals surface area contributed by atoms with Crippen LogP contribution < -0.4 is 5.32 Å². The van der Waals surface area contributed by atoms with Crippen molar-refractivity contribution in [2.24, 2.45) is 17.8 Å². The van der Waals surface area contributed by atoms with E-state index in [4.69, 9.17) is 14.6 Å². The number of halogens is 3. The number of carboxylic acids is 1. The van der Waals surface area contributed by atoms with Crippen molar-refractivity contribution in [2.45, 2.75) is 31.5 Å². The first-order chi connectivity index (χ1) is 14.7. The molecule has 0 spiro atoms. The third-order valence-electron chi connectivity index (χ3n) is 5.91. The zero-order valence-corrected chi connectivity index (χ0v) is 16.7. The lowest BCUT2D eigenvalue weighted by Gasteiger charge is -2.29. The fraction of sp³-hybridized carbons (Fsp3) is 0.600. The van der Waals surface area contributed by atoms with Gasteiger partial charge in [0.2, 0.25) is 5.91 Å². The van der Waals surface area contributed by atoms with Crippen LogP contribution in [0, 0.1) is 17.8 Å². The summed E-state index contributed by atoms with van der Waals surface area (Å²) in [5, 5.41) is 10.1. The predicted octanol–water partition coefficient (Wildman–Crippen LogP) is 1.72. The molecule has 1 aliphatic carbocycles. The van der Waals surface area contributed by atoms with Crippen molar-refractivity contribution in [2.75, 3.05) is 26.2 Å². The summed E-state index contributed by atoms with van der Waals surface area (Å²) in [6.45, 7) is 2.75. The molecular formula is C20H24F3N3O5. The molecule has 0 unspecified atom stereocenters. The van der Waals surface area contributed by atoms with Gasteiger partial charge in [-0.1, -0.05) is 6.42 Å². The molecule has 4 rings (SSSR count). The molecule has 3 atom stereocenters. The van der Waals surface area contributed by atoms with Crippen LogP contribution in [0.1, 0.15) is 29.6 Å². The first-order valence-electron chi connectivity index (χ1n) is 10.1. The number of amides is 2. The fourth-order valence-electron chi connectivity index (χ4n) is 3.93. The van der Waals surface area contributed by atoms with Crippen LogP contribution in [0.4, 0.5) is 13.2 Å². The zero-order valence-electron chi connectivity index (χ0n) is 16.7. The first-order valence-corrected chi connectivity index (χ1v) is 10.1. The maximum atomic E-state index is 12.4. The minimum Gasteiger partial charge on any atom is -0.475 e. The minimum absolute atomic E-state index is 0.0822. The molecule has 0 bridgehead atoms. The number of hydrogen-bond acceptors (Lipinski definition) is 5. The standard InChI is InChI=1S/C18H23N3O3.C2HF3O2/c22-17(12-4-6-19-7-5-12)20-8-14-11-24-16-10-21(9-15(14)16)18(23)13-2-1-3-13;3-2(4,5)1(6)7/h4-7,13-16H,1-3,8-11H2,(H,20,22);(H,6,7)/t14-,15+,16+;/m0./s1. The summed E-state index contributed by atoms with van der Waals surface area (Å²) in [6.07, 6.45) is 1.54. The van der Waals surface area contributed by atoms with E-state index in [0.29, 0.717) is 30.5 Å². The normalized spacial score (nSPS) is 25.1. The van der Waals surface area contributed by atoms with Gasteiger partial charge in [-0.2, -0.15) is 13.2 Å². The number of nitrogens with one attached hydrogen (secondary N) is 1. The third-order valence-corrected chi connectivity index (χ3v) is 5.91. The molecule has 170 valence electrons. The Morgan fingerprint density at radius 2 is 1.84 bits per heavy atom. The first kappa shape index (κ1) is 23.0. The van der Waals surface area contributed by atoms with Gasteiger partial charge in [0.1, 0.15) is 0 Å². The summed E-state index contributed by atoms with van der Waals surface area (Å²) in [7, 11) is 0. The van der Waals surface area contributed by atoms with Crippen LogP contribution in [0.15, 0.2) is 24.5 Å². The summed E-state index contributed by atoms with van der Waals surface area (Å²) < 4.78 is 37.6. The molecule has 1 aromatic heterocycles. The maximum Gasteiger partial charge on any atom is 0.490 e. The van der Waals surface area contributed by atoms with Gasteiger partial charge in [-0.15, -0.1) is 0 Å². The summed E-state index contributed by atoms with van der Waals surface area (Å²) in [6, 6.07) is 3.41. The minimum atomic E-state index is -5.08. The molecular weight excluding hydrogens is 419 g/mol. The number of aliphatic carboxylic acids is 1. The number of carboxylic acid groups (broad SMARTS) is 1. The van der Waals surface area contributed by atoms with E-state index in [2.05, 4.69) is 10.3 Å². The number of ether oxygens (including phenoxy) is 1. The number of fused-ring (bicyclic) bond motifs is 1. The van der Waals surface area contributed by atoms with E-state index in [0.717, 1.165) is 25.9 Å². The highest BCUT2D eigenvalue weighted by molar-refractivity contribution is 5.93. The van der Waals surface area contributed by atoms with Crippen LogP contribution in [0.5, 0.6) is 0 Å². The fourth-order valence-corrected chi connectivity index (χ4v) is 3.93. The molecule has 2 amide bonds. The monoisotopic (exact) mass is 443 g/mol. The zero-order chi connectivity index (χ0) is 22.6. The summed E-state index contributed by atoms with van der Waals surface area (Å²) in [5.41, 5.74) is 0.619. The van der Waals surface area contributed by atoms with Gasteiger partial charge in [-0.25, -0.2) is 4.79 Å². The van der Waals surface area contributed by atoms with Crippen LogP contribution in [-0.4, -0.2) is 71.3 Å². The second kappa shape index (κ2) is 9.63. The molecule has 11 heteroatoms. The molecule has 3 aliphatic rings. The van der Waals surface area contributed by atoms with E-state index in [1.807, 2.05) is 4.90 Å². The van der Waals surface area contributed by atoms with Gasteiger partial charge in [-0.3, -0.25) is 14.6 Å². The lowest BCUT2D eigenvalue weighted by atomic mass is 9.84. The maximum absolute atomic E-state index is 12.4. The number of rotatable bonds is 4. The Hall–Kier alpha value is -2.69. The third kappa shape index (κ3) is 5.72. The van der Waals surface area contributed by atoms with E-state index < -0.39 is 12.1 Å². The number of pyridine rings is 1. The SMILES string of the molecule is O=C(NC[C@H]1CO[C@@H]2CN(C(=O)C3CCC3)C[C@H]12)c1ccncc1.O=C(O)C(F)(F)F. The summed E-state index contributed by atoms with van der Waals surface area (Å²) in [4.78, 5) is 39.4. The number of likely N-dealkylation sites (tertiary alicyclic amines) is 1. The van der Waals surface area contributed by atoms with Crippen molar-refractivity contribution in [1.82, 2.24) is 15.2 Å². The Balaban J connectivity index is 0.000000339. The molecule has 2 aliphatic heterocycles. The molecule has 0 radical (unpaired) electrons. The average Bonchev–Trinajstić information content (AvgIpc) is 3.26. The Morgan fingerprint density at radius 1 is 1.19 bits per heavy atom. The van der Waals surface area contributed by atoms with Gasteiger partial charge in [-0.05, 0) is 25.0 Å². The Bertz CT molecular complexity index is 801. The quantitative estimate of drug-likeness (QED) is 0.734. The van der Waals surface area contributed by atoms with E-state index in [1.54, 1.807) is 24.5 Å². The molecule has 2 saturated heterocycles. The van der Waals surface area contributed by atoms with Gasteiger partial charge in [0.25, 0.3) is 5.91 Å². The van der Waals surface area contributed by atoms with E-state index in [9.17, 15) is 22.8 Å². The number of carbonyl (C=O) groups is 3. The van der Waals surface area contributed by atoms with E-state index in [1.165, 1.54) is 6.42 Å². The lowest BCUT2D eigenvalue weighted by Crippen LogP contribution is -2.39. The van der Waals surface area contributed by atoms with Crippen molar-refractivity contribution in [3.63, 3.8) is 0 Å². The second-order valence-corrected chi connectivity index (χ2v) is 7.92. The van der Waals surface area contributed by atoms with Gasteiger partial charge in [0.15, 0.2) is 0 Å². The Morgan fingerprint density at radius 3 is 2.39 bits per heavy atom. The average molecular weight is 443 g/mol. The van der Waals surface area contributed by atoms with Crippen LogP contribution >= 0.6 is 0 Å². The van der Waals surface area contributed by atoms with Gasteiger partial charge in [0, 0.05) is 55.3 Å². The molecule has 31 heavy (non-hydrogen) atoms. The molecule has 2 N–H and O–H groups in total. The summed E-state index contributed by atoms with van der Waals surface area (Å²) >= 11 is 0. The van der Waals surface area contributed by atoms with Gasteiger partial charge in [0.05, 0.1) is 12.7 Å². The van der Waals surface area contributed by atoms with Crippen molar-refractivity contribution in [1.29, 1.82) is 0 Å². The Labute approximate surface area is 176 Å². The molecule has 1 saturated carbocycles. The topological polar surface area (TPSA) is 109 Å². The van der Waals surface area contributed by atoms with Crippen molar-refractivity contribution in [3.8, 4) is 0 Å². The highest BCUT2D eigenvalue weighted by Crippen LogP contribution is 2.36. The number of hydrogen-bond donors (Lipinski definition) is 2. The number of aromatic nitrogens is 1.